The number of rotatable bonds is 6. The van der Waals surface area contributed by atoms with Crippen LogP contribution in [0.1, 0.15) is 38.7 Å². The van der Waals surface area contributed by atoms with Gasteiger partial charge in [0.15, 0.2) is 0 Å². The van der Waals surface area contributed by atoms with Crippen molar-refractivity contribution >= 4 is 23.2 Å². The van der Waals surface area contributed by atoms with Crippen LogP contribution in [0, 0.1) is 0 Å². The van der Waals surface area contributed by atoms with Crippen LogP contribution in [0.4, 0.5) is 0 Å². The minimum Gasteiger partial charge on any atom is -0.474 e. The van der Waals surface area contributed by atoms with E-state index in [0.717, 1.165) is 24.4 Å². The van der Waals surface area contributed by atoms with Gasteiger partial charge in [-0.15, -0.1) is 12.4 Å². The van der Waals surface area contributed by atoms with E-state index >= 15 is 0 Å². The number of fused-ring (bicyclic) bond motifs is 1. The predicted octanol–water partition coefficient (Wildman–Crippen LogP) is 5.01. The molecule has 0 aromatic heterocycles. The Balaban J connectivity index is 0.00000208. The first-order chi connectivity index (χ1) is 11.3. The minimum absolute atomic E-state index is 0. The Morgan fingerprint density at radius 3 is 2.54 bits per heavy atom. The molecule has 24 heavy (non-hydrogen) atoms. The molecule has 2 aromatic carbocycles. The lowest BCUT2D eigenvalue weighted by Gasteiger charge is -2.33. The maximum atomic E-state index is 6.44. The van der Waals surface area contributed by atoms with Gasteiger partial charge in [0.2, 0.25) is 0 Å². The van der Waals surface area contributed by atoms with Crippen LogP contribution in [0.15, 0.2) is 36.4 Å². The molecule has 3 nitrogen and oxygen atoms in total. The van der Waals surface area contributed by atoms with Gasteiger partial charge in [0.25, 0.3) is 0 Å². The lowest BCUT2D eigenvalue weighted by molar-refractivity contribution is 0.0249. The number of ether oxygens (including phenoxy) is 2. The fraction of sp³-hybridized carbons (Fsp3) is 0.500. The van der Waals surface area contributed by atoms with Gasteiger partial charge in [0.05, 0.1) is 6.61 Å². The largest absolute Gasteiger partial charge is 0.474 e. The Bertz CT molecular complexity index is 641. The molecule has 1 aliphatic heterocycles. The van der Waals surface area contributed by atoms with Crippen molar-refractivity contribution in [2.24, 2.45) is 0 Å². The predicted molar refractivity (Wildman–Crippen MR) is 102 cm³/mol. The fourth-order valence-corrected chi connectivity index (χ4v) is 3.28. The number of likely N-dealkylation sites (tertiary alicyclic amines) is 1. The summed E-state index contributed by atoms with van der Waals surface area (Å²) in [7, 11) is 0. The molecular weight excluding hydrogens is 322 g/mol. The number of nitrogens with zero attached hydrogens (tertiary/aromatic N) is 1. The molecule has 132 valence electrons. The van der Waals surface area contributed by atoms with E-state index in [1.165, 1.54) is 30.0 Å². The van der Waals surface area contributed by atoms with Gasteiger partial charge in [-0.1, -0.05) is 42.8 Å². The highest BCUT2D eigenvalue weighted by Gasteiger charge is 2.20. The average Bonchev–Trinajstić information content (AvgIpc) is 2.61. The zero-order chi connectivity index (χ0) is 16.1. The van der Waals surface area contributed by atoms with Crippen LogP contribution in [0.2, 0.25) is 0 Å². The highest BCUT2D eigenvalue weighted by molar-refractivity contribution is 5.89. The topological polar surface area (TPSA) is 21.7 Å². The zero-order valence-corrected chi connectivity index (χ0v) is 15.5. The number of hydrogen-bond acceptors (Lipinski definition) is 3. The van der Waals surface area contributed by atoms with Gasteiger partial charge in [-0.3, -0.25) is 4.90 Å². The van der Waals surface area contributed by atoms with E-state index in [1.54, 1.807) is 0 Å². The number of hydrogen-bond donors (Lipinski definition) is 0. The van der Waals surface area contributed by atoms with Gasteiger partial charge in [0.1, 0.15) is 12.0 Å². The molecule has 1 aliphatic rings. The Morgan fingerprint density at radius 1 is 1.04 bits per heavy atom. The van der Waals surface area contributed by atoms with Crippen LogP contribution in [-0.4, -0.2) is 30.8 Å². The van der Waals surface area contributed by atoms with E-state index < -0.39 is 0 Å². The first-order valence-corrected chi connectivity index (χ1v) is 8.78. The van der Waals surface area contributed by atoms with Crippen molar-refractivity contribution in [1.82, 2.24) is 4.90 Å². The molecule has 1 fully saturated rings. The third kappa shape index (κ3) is 4.41. The van der Waals surface area contributed by atoms with Crippen LogP contribution >= 0.6 is 12.4 Å². The minimum atomic E-state index is 0. The smallest absolute Gasteiger partial charge is 0.149 e. The van der Waals surface area contributed by atoms with Crippen molar-refractivity contribution in [1.29, 1.82) is 0 Å². The summed E-state index contributed by atoms with van der Waals surface area (Å²) in [4.78, 5) is 2.44. The third-order valence-electron chi connectivity index (χ3n) is 4.62. The van der Waals surface area contributed by atoms with Gasteiger partial charge in [-0.25, -0.2) is 0 Å². The van der Waals surface area contributed by atoms with Crippen molar-refractivity contribution in [2.45, 2.75) is 45.9 Å². The summed E-state index contributed by atoms with van der Waals surface area (Å²) in [5, 5.41) is 2.39. The Hall–Kier alpha value is -1.29. The summed E-state index contributed by atoms with van der Waals surface area (Å²) in [6, 6.07) is 12.7. The molecular formula is C20H28ClNO2. The van der Waals surface area contributed by atoms with E-state index in [2.05, 4.69) is 48.2 Å². The second-order valence-electron chi connectivity index (χ2n) is 6.23. The molecule has 0 saturated carbocycles. The first-order valence-electron chi connectivity index (χ1n) is 8.78. The van der Waals surface area contributed by atoms with Gasteiger partial charge in [-0.2, -0.15) is 0 Å². The number of halogens is 1. The van der Waals surface area contributed by atoms with E-state index in [4.69, 9.17) is 9.47 Å². The normalized spacial score (nSPS) is 16.6. The standard InChI is InChI=1S/C20H27NO2.ClH/c1-3-22-15-18-12-11-17-9-5-6-10-19(17)20(18)23-16(2)21-13-7-4-8-14-21;/h5-6,9-12,16H,3-4,7-8,13-15H2,1-2H3;1H. The van der Waals surface area contributed by atoms with Crippen molar-refractivity contribution < 1.29 is 9.47 Å². The maximum absolute atomic E-state index is 6.44. The molecule has 1 heterocycles. The number of piperidine rings is 1. The molecule has 4 heteroatoms. The first kappa shape index (κ1) is 19.0. The van der Waals surface area contributed by atoms with Crippen LogP contribution in [0.25, 0.3) is 10.8 Å². The molecule has 0 radical (unpaired) electrons. The van der Waals surface area contributed by atoms with Gasteiger partial charge in [0, 0.05) is 30.6 Å². The molecule has 0 bridgehead atoms. The van der Waals surface area contributed by atoms with Crippen molar-refractivity contribution in [2.75, 3.05) is 19.7 Å². The van der Waals surface area contributed by atoms with Crippen molar-refractivity contribution in [3.05, 3.63) is 42.0 Å². The third-order valence-corrected chi connectivity index (χ3v) is 4.62. The SMILES string of the molecule is CCOCc1ccc2ccccc2c1OC(C)N1CCCCC1.Cl. The lowest BCUT2D eigenvalue weighted by Crippen LogP contribution is -2.40. The zero-order valence-electron chi connectivity index (χ0n) is 14.7. The molecule has 0 aliphatic carbocycles. The molecule has 1 saturated heterocycles. The molecule has 0 N–H and O–H groups in total. The molecule has 2 aromatic rings. The summed E-state index contributed by atoms with van der Waals surface area (Å²) in [6.07, 6.45) is 3.98. The van der Waals surface area contributed by atoms with Crippen molar-refractivity contribution in [3.8, 4) is 5.75 Å². The summed E-state index contributed by atoms with van der Waals surface area (Å²) in [5.41, 5.74) is 1.13. The molecule has 0 amide bonds. The highest BCUT2D eigenvalue weighted by Crippen LogP contribution is 2.32. The quantitative estimate of drug-likeness (QED) is 0.731. The molecule has 3 rings (SSSR count). The summed E-state index contributed by atoms with van der Waals surface area (Å²) < 4.78 is 12.1. The Labute approximate surface area is 151 Å². The average molecular weight is 350 g/mol. The summed E-state index contributed by atoms with van der Waals surface area (Å²) >= 11 is 0. The van der Waals surface area contributed by atoms with Crippen LogP contribution < -0.4 is 4.74 Å². The molecule has 1 atom stereocenters. The van der Waals surface area contributed by atoms with Gasteiger partial charge >= 0.3 is 0 Å². The van der Waals surface area contributed by atoms with Gasteiger partial charge in [-0.05, 0) is 32.1 Å². The van der Waals surface area contributed by atoms with E-state index in [-0.39, 0.29) is 18.6 Å². The molecule has 1 unspecified atom stereocenters. The van der Waals surface area contributed by atoms with E-state index in [0.29, 0.717) is 13.2 Å². The lowest BCUT2D eigenvalue weighted by atomic mass is 10.1. The second kappa shape index (κ2) is 9.26. The highest BCUT2D eigenvalue weighted by atomic mass is 35.5. The van der Waals surface area contributed by atoms with Crippen molar-refractivity contribution in [3.63, 3.8) is 0 Å². The second-order valence-corrected chi connectivity index (χ2v) is 6.23. The summed E-state index contributed by atoms with van der Waals surface area (Å²) in [6.45, 7) is 7.77. The van der Waals surface area contributed by atoms with Crippen LogP contribution in [0.5, 0.6) is 5.75 Å². The summed E-state index contributed by atoms with van der Waals surface area (Å²) in [5.74, 6) is 0.981. The van der Waals surface area contributed by atoms with E-state index in [1.807, 2.05) is 6.92 Å². The maximum Gasteiger partial charge on any atom is 0.149 e. The fourth-order valence-electron chi connectivity index (χ4n) is 3.28. The Morgan fingerprint density at radius 2 is 1.79 bits per heavy atom. The van der Waals surface area contributed by atoms with Crippen LogP contribution in [0.3, 0.4) is 0 Å². The number of benzene rings is 2. The van der Waals surface area contributed by atoms with E-state index in [9.17, 15) is 0 Å². The monoisotopic (exact) mass is 349 g/mol. The molecule has 0 spiro atoms. The van der Waals surface area contributed by atoms with Crippen LogP contribution in [-0.2, 0) is 11.3 Å². The van der Waals surface area contributed by atoms with Gasteiger partial charge < -0.3 is 9.47 Å². The Kier molecular flexibility index (Phi) is 7.35.